The highest BCUT2D eigenvalue weighted by molar-refractivity contribution is 8.01. The Morgan fingerprint density at radius 1 is 1.00 bits per heavy atom. The van der Waals surface area contributed by atoms with Gasteiger partial charge in [-0.25, -0.2) is 4.98 Å². The molecule has 0 saturated heterocycles. The Morgan fingerprint density at radius 2 is 1.73 bits per heavy atom. The molecule has 0 unspecified atom stereocenters. The van der Waals surface area contributed by atoms with Crippen LogP contribution in [-0.2, 0) is 0 Å². The van der Waals surface area contributed by atoms with Crippen molar-refractivity contribution in [1.82, 2.24) is 4.98 Å². The summed E-state index contributed by atoms with van der Waals surface area (Å²) in [5.41, 5.74) is 1.07. The van der Waals surface area contributed by atoms with Crippen LogP contribution in [-0.4, -0.2) is 24.0 Å². The van der Waals surface area contributed by atoms with Gasteiger partial charge in [-0.2, -0.15) is 0 Å². The fraction of sp³-hybridized carbons (Fsp3) is 0.235. The van der Waals surface area contributed by atoms with E-state index in [9.17, 15) is 0 Å². The zero-order valence-electron chi connectivity index (χ0n) is 12.3. The van der Waals surface area contributed by atoms with Crippen LogP contribution in [0, 0.1) is 0 Å². The van der Waals surface area contributed by atoms with Gasteiger partial charge >= 0.3 is 0 Å². The minimum Gasteiger partial charge on any atom is -0.494 e. The lowest BCUT2D eigenvalue weighted by Crippen LogP contribution is -2.00. The van der Waals surface area contributed by atoms with Crippen molar-refractivity contribution in [2.24, 2.45) is 0 Å². The largest absolute Gasteiger partial charge is 0.494 e. The molecule has 0 spiro atoms. The van der Waals surface area contributed by atoms with E-state index in [1.54, 1.807) is 23.1 Å². The van der Waals surface area contributed by atoms with E-state index in [0.717, 1.165) is 27.1 Å². The number of benzene rings is 2. The van der Waals surface area contributed by atoms with Crippen molar-refractivity contribution >= 4 is 33.3 Å². The Kier molecular flexibility index (Phi) is 5.19. The van der Waals surface area contributed by atoms with Crippen LogP contribution in [0.4, 0.5) is 0 Å². The van der Waals surface area contributed by atoms with Gasteiger partial charge in [0.2, 0.25) is 0 Å². The zero-order valence-corrected chi connectivity index (χ0v) is 14.0. The molecule has 1 aromatic heterocycles. The lowest BCUT2D eigenvalue weighted by atomic mass is 10.3. The highest BCUT2D eigenvalue weighted by atomic mass is 32.2. The van der Waals surface area contributed by atoms with Crippen LogP contribution in [0.25, 0.3) is 10.2 Å². The normalized spacial score (nSPS) is 10.8. The maximum atomic E-state index is 5.74. The highest BCUT2D eigenvalue weighted by Crippen LogP contribution is 2.29. The van der Waals surface area contributed by atoms with Gasteiger partial charge in [0.05, 0.1) is 23.4 Å². The summed E-state index contributed by atoms with van der Waals surface area (Å²) in [6, 6.07) is 16.0. The molecule has 0 fully saturated rings. The van der Waals surface area contributed by atoms with Crippen molar-refractivity contribution in [2.75, 3.05) is 19.0 Å². The molecule has 5 heteroatoms. The van der Waals surface area contributed by atoms with Gasteiger partial charge in [0, 0.05) is 5.75 Å². The summed E-state index contributed by atoms with van der Waals surface area (Å²) in [4.78, 5) is 4.60. The standard InChI is InChI=1S/C17H17NO2S2/c1-2-19-13-7-9-14(10-8-13)20-11-12-21-17-18-15-5-3-4-6-16(15)22-17/h3-10H,2,11-12H2,1H3. The molecule has 0 aliphatic carbocycles. The second kappa shape index (κ2) is 7.51. The van der Waals surface area contributed by atoms with Crippen molar-refractivity contribution in [2.45, 2.75) is 11.3 Å². The number of ether oxygens (including phenoxy) is 2. The van der Waals surface area contributed by atoms with Crippen LogP contribution in [0.3, 0.4) is 0 Å². The smallest absolute Gasteiger partial charge is 0.151 e. The minimum absolute atomic E-state index is 0.661. The van der Waals surface area contributed by atoms with Crippen LogP contribution >= 0.6 is 23.1 Å². The Morgan fingerprint density at radius 3 is 2.45 bits per heavy atom. The number of aromatic nitrogens is 1. The summed E-state index contributed by atoms with van der Waals surface area (Å²) in [5.74, 6) is 2.62. The number of thiazole rings is 1. The molecule has 2 aromatic carbocycles. The molecule has 0 aliphatic rings. The Labute approximate surface area is 138 Å². The number of para-hydroxylation sites is 1. The third-order valence-corrected chi connectivity index (χ3v) is 5.13. The van der Waals surface area contributed by atoms with E-state index in [-0.39, 0.29) is 0 Å². The average molecular weight is 331 g/mol. The fourth-order valence-corrected chi connectivity index (χ4v) is 3.96. The summed E-state index contributed by atoms with van der Waals surface area (Å²) >= 11 is 3.47. The van der Waals surface area contributed by atoms with E-state index >= 15 is 0 Å². The minimum atomic E-state index is 0.661. The third kappa shape index (κ3) is 3.93. The highest BCUT2D eigenvalue weighted by Gasteiger charge is 2.03. The number of thioether (sulfide) groups is 1. The van der Waals surface area contributed by atoms with Gasteiger partial charge in [0.15, 0.2) is 4.34 Å². The molecule has 0 N–H and O–H groups in total. The summed E-state index contributed by atoms with van der Waals surface area (Å²) in [5, 5.41) is 0. The van der Waals surface area contributed by atoms with Gasteiger partial charge in [-0.3, -0.25) is 0 Å². The Hall–Kier alpha value is -1.72. The molecule has 0 amide bonds. The van der Waals surface area contributed by atoms with Gasteiger partial charge < -0.3 is 9.47 Å². The molecule has 0 radical (unpaired) electrons. The molecule has 0 bridgehead atoms. The summed E-state index contributed by atoms with van der Waals surface area (Å²) in [6.07, 6.45) is 0. The molecule has 1 heterocycles. The van der Waals surface area contributed by atoms with Crippen LogP contribution in [0.5, 0.6) is 11.5 Å². The molecular weight excluding hydrogens is 314 g/mol. The van der Waals surface area contributed by atoms with E-state index in [4.69, 9.17) is 9.47 Å². The molecular formula is C17H17NO2S2. The molecule has 0 saturated carbocycles. The monoisotopic (exact) mass is 331 g/mol. The molecule has 114 valence electrons. The second-order valence-corrected chi connectivity index (χ2v) is 6.92. The quantitative estimate of drug-likeness (QED) is 0.457. The van der Waals surface area contributed by atoms with Crippen molar-refractivity contribution in [3.63, 3.8) is 0 Å². The zero-order chi connectivity index (χ0) is 15.2. The first kappa shape index (κ1) is 15.2. The number of rotatable bonds is 7. The van der Waals surface area contributed by atoms with E-state index in [1.165, 1.54) is 4.70 Å². The molecule has 3 rings (SSSR count). The first-order valence-corrected chi connectivity index (χ1v) is 8.99. The summed E-state index contributed by atoms with van der Waals surface area (Å²) in [7, 11) is 0. The SMILES string of the molecule is CCOc1ccc(OCCSc2nc3ccccc3s2)cc1. The number of nitrogens with zero attached hydrogens (tertiary/aromatic N) is 1. The van der Waals surface area contributed by atoms with Gasteiger partial charge in [0.25, 0.3) is 0 Å². The average Bonchev–Trinajstić information content (AvgIpc) is 2.96. The Bertz CT molecular complexity index is 692. The van der Waals surface area contributed by atoms with E-state index < -0.39 is 0 Å². The maximum absolute atomic E-state index is 5.74. The van der Waals surface area contributed by atoms with Crippen LogP contribution in [0.15, 0.2) is 52.9 Å². The van der Waals surface area contributed by atoms with Crippen LogP contribution in [0.1, 0.15) is 6.92 Å². The topological polar surface area (TPSA) is 31.4 Å². The van der Waals surface area contributed by atoms with Gasteiger partial charge in [0.1, 0.15) is 11.5 Å². The van der Waals surface area contributed by atoms with E-state index in [1.807, 2.05) is 49.4 Å². The molecule has 3 nitrogen and oxygen atoms in total. The molecule has 0 atom stereocenters. The number of hydrogen-bond acceptors (Lipinski definition) is 5. The fourth-order valence-electron chi connectivity index (χ4n) is 2.00. The number of fused-ring (bicyclic) bond motifs is 1. The van der Waals surface area contributed by atoms with Crippen LogP contribution < -0.4 is 9.47 Å². The van der Waals surface area contributed by atoms with Crippen molar-refractivity contribution in [1.29, 1.82) is 0 Å². The summed E-state index contributed by atoms with van der Waals surface area (Å²) < 4.78 is 13.5. The van der Waals surface area contributed by atoms with Crippen molar-refractivity contribution in [3.05, 3.63) is 48.5 Å². The lowest BCUT2D eigenvalue weighted by molar-refractivity contribution is 0.332. The van der Waals surface area contributed by atoms with Gasteiger partial charge in [-0.05, 0) is 43.3 Å². The Balaban J connectivity index is 1.46. The van der Waals surface area contributed by atoms with Gasteiger partial charge in [-0.15, -0.1) is 11.3 Å². The second-order valence-electron chi connectivity index (χ2n) is 4.55. The molecule has 0 aliphatic heterocycles. The van der Waals surface area contributed by atoms with E-state index in [2.05, 4.69) is 11.1 Å². The van der Waals surface area contributed by atoms with E-state index in [0.29, 0.717) is 13.2 Å². The third-order valence-electron chi connectivity index (χ3n) is 2.99. The van der Waals surface area contributed by atoms with Crippen LogP contribution in [0.2, 0.25) is 0 Å². The van der Waals surface area contributed by atoms with Crippen molar-refractivity contribution < 1.29 is 9.47 Å². The predicted molar refractivity (Wildman–Crippen MR) is 93.5 cm³/mol. The first-order chi connectivity index (χ1) is 10.8. The summed E-state index contributed by atoms with van der Waals surface area (Å²) in [6.45, 7) is 3.32. The molecule has 22 heavy (non-hydrogen) atoms. The predicted octanol–water partition coefficient (Wildman–Crippen LogP) is 4.87. The first-order valence-electron chi connectivity index (χ1n) is 7.19. The molecule has 3 aromatic rings. The van der Waals surface area contributed by atoms with Crippen molar-refractivity contribution in [3.8, 4) is 11.5 Å². The number of hydrogen-bond donors (Lipinski definition) is 0. The lowest BCUT2D eigenvalue weighted by Gasteiger charge is -2.07. The van der Waals surface area contributed by atoms with Gasteiger partial charge in [-0.1, -0.05) is 23.9 Å². The maximum Gasteiger partial charge on any atom is 0.151 e.